The minimum Gasteiger partial charge on any atom is -0.481 e. The standard InChI is InChI=1S/C22H32O2/c1-2-3-4-5-6-7-8-9-10-11-12-13-14-15-16-17-18-19-20-21-22(23)24/h8-19H,2-7,20-21H2,1H3,(H,23,24)/b9-8+,11-10+,13-12+,15-14+,17-16+,19-18+. The largest absolute Gasteiger partial charge is 0.481 e. The van der Waals surface area contributed by atoms with E-state index in [1.807, 2.05) is 54.7 Å². The van der Waals surface area contributed by atoms with Crippen LogP contribution in [0, 0.1) is 0 Å². The molecule has 2 nitrogen and oxygen atoms in total. The fraction of sp³-hybridized carbons (Fsp3) is 0.409. The van der Waals surface area contributed by atoms with E-state index in [4.69, 9.17) is 5.11 Å². The molecule has 0 spiro atoms. The van der Waals surface area contributed by atoms with Crippen LogP contribution in [-0.4, -0.2) is 11.1 Å². The average Bonchev–Trinajstić information content (AvgIpc) is 2.56. The minimum atomic E-state index is -0.761. The van der Waals surface area contributed by atoms with Crippen molar-refractivity contribution in [2.24, 2.45) is 0 Å². The molecule has 2 heteroatoms. The van der Waals surface area contributed by atoms with E-state index >= 15 is 0 Å². The zero-order valence-corrected chi connectivity index (χ0v) is 14.9. The maximum absolute atomic E-state index is 10.3. The number of carboxylic acid groups (broad SMARTS) is 1. The van der Waals surface area contributed by atoms with Gasteiger partial charge in [-0.25, -0.2) is 0 Å². The van der Waals surface area contributed by atoms with Crippen molar-refractivity contribution in [3.8, 4) is 0 Å². The molecule has 0 fully saturated rings. The number of hydrogen-bond acceptors (Lipinski definition) is 1. The van der Waals surface area contributed by atoms with Crippen molar-refractivity contribution < 1.29 is 9.90 Å². The van der Waals surface area contributed by atoms with Gasteiger partial charge in [0, 0.05) is 6.42 Å². The first-order valence-corrected chi connectivity index (χ1v) is 8.97. The molecule has 0 radical (unpaired) electrons. The molecule has 0 aliphatic rings. The SMILES string of the molecule is CCCCCCC/C=C/C=C/C=C/C=C/C=C/C=C/CCC(=O)O. The second kappa shape index (κ2) is 19.0. The fourth-order valence-electron chi connectivity index (χ4n) is 1.94. The number of hydrogen-bond donors (Lipinski definition) is 1. The van der Waals surface area contributed by atoms with E-state index in [1.165, 1.54) is 38.5 Å². The predicted molar refractivity (Wildman–Crippen MR) is 105 cm³/mol. The van der Waals surface area contributed by atoms with Crippen LogP contribution in [0.5, 0.6) is 0 Å². The monoisotopic (exact) mass is 328 g/mol. The Morgan fingerprint density at radius 1 is 0.667 bits per heavy atom. The van der Waals surface area contributed by atoms with Crippen molar-refractivity contribution in [1.29, 1.82) is 0 Å². The topological polar surface area (TPSA) is 37.3 Å². The van der Waals surface area contributed by atoms with Gasteiger partial charge in [-0.3, -0.25) is 4.79 Å². The average molecular weight is 328 g/mol. The van der Waals surface area contributed by atoms with E-state index in [0.717, 1.165) is 0 Å². The summed E-state index contributed by atoms with van der Waals surface area (Å²) in [5.74, 6) is -0.761. The van der Waals surface area contributed by atoms with E-state index in [1.54, 1.807) is 0 Å². The van der Waals surface area contributed by atoms with Gasteiger partial charge in [0.1, 0.15) is 0 Å². The number of carboxylic acids is 1. The molecular formula is C22H32O2. The van der Waals surface area contributed by atoms with Crippen LogP contribution in [0.3, 0.4) is 0 Å². The molecular weight excluding hydrogens is 296 g/mol. The molecule has 0 heterocycles. The van der Waals surface area contributed by atoms with Crippen molar-refractivity contribution in [1.82, 2.24) is 0 Å². The molecule has 0 bridgehead atoms. The molecule has 0 aromatic carbocycles. The van der Waals surface area contributed by atoms with Gasteiger partial charge in [0.2, 0.25) is 0 Å². The number of aliphatic carboxylic acids is 1. The zero-order valence-electron chi connectivity index (χ0n) is 14.9. The predicted octanol–water partition coefficient (Wildman–Crippen LogP) is 6.55. The van der Waals surface area contributed by atoms with Gasteiger partial charge in [-0.05, 0) is 19.3 Å². The first-order chi connectivity index (χ1) is 11.8. The summed E-state index contributed by atoms with van der Waals surface area (Å²) in [4.78, 5) is 10.3. The lowest BCUT2D eigenvalue weighted by atomic mass is 10.1. The van der Waals surface area contributed by atoms with Crippen LogP contribution < -0.4 is 0 Å². The zero-order chi connectivity index (χ0) is 17.7. The van der Waals surface area contributed by atoms with Crippen LogP contribution in [0.25, 0.3) is 0 Å². The first kappa shape index (κ1) is 21.9. The highest BCUT2D eigenvalue weighted by Gasteiger charge is 1.90. The first-order valence-electron chi connectivity index (χ1n) is 8.97. The number of unbranched alkanes of at least 4 members (excludes halogenated alkanes) is 5. The van der Waals surface area contributed by atoms with E-state index in [-0.39, 0.29) is 6.42 Å². The second-order valence-electron chi connectivity index (χ2n) is 5.53. The Labute approximate surface area is 147 Å². The van der Waals surface area contributed by atoms with Gasteiger partial charge in [-0.1, -0.05) is 106 Å². The molecule has 132 valence electrons. The fourth-order valence-corrected chi connectivity index (χ4v) is 1.94. The number of allylic oxidation sites excluding steroid dienone is 12. The lowest BCUT2D eigenvalue weighted by Gasteiger charge is -1.95. The van der Waals surface area contributed by atoms with Gasteiger partial charge < -0.3 is 5.11 Å². The van der Waals surface area contributed by atoms with Gasteiger partial charge in [-0.2, -0.15) is 0 Å². The molecule has 0 saturated carbocycles. The normalized spacial score (nSPS) is 13.0. The molecule has 0 aliphatic heterocycles. The summed E-state index contributed by atoms with van der Waals surface area (Å²) >= 11 is 0. The molecule has 0 amide bonds. The molecule has 0 unspecified atom stereocenters. The van der Waals surface area contributed by atoms with Gasteiger partial charge in [0.05, 0.1) is 0 Å². The van der Waals surface area contributed by atoms with Crippen LogP contribution in [0.2, 0.25) is 0 Å². The van der Waals surface area contributed by atoms with Crippen LogP contribution in [0.15, 0.2) is 72.9 Å². The third-order valence-corrected chi connectivity index (χ3v) is 3.27. The number of carbonyl (C=O) groups is 1. The Bertz CT molecular complexity index is 462. The molecule has 24 heavy (non-hydrogen) atoms. The Hall–Kier alpha value is -2.09. The maximum Gasteiger partial charge on any atom is 0.303 e. The lowest BCUT2D eigenvalue weighted by Crippen LogP contribution is -1.91. The van der Waals surface area contributed by atoms with Crippen molar-refractivity contribution in [3.63, 3.8) is 0 Å². The van der Waals surface area contributed by atoms with Crippen molar-refractivity contribution >= 4 is 5.97 Å². The van der Waals surface area contributed by atoms with Gasteiger partial charge in [-0.15, -0.1) is 0 Å². The Balaban J connectivity index is 3.63. The highest BCUT2D eigenvalue weighted by Crippen LogP contribution is 2.05. The summed E-state index contributed by atoms with van der Waals surface area (Å²) in [6.07, 6.45) is 32.4. The Kier molecular flexibility index (Phi) is 17.3. The van der Waals surface area contributed by atoms with Crippen LogP contribution in [0.1, 0.15) is 58.3 Å². The van der Waals surface area contributed by atoms with E-state index < -0.39 is 5.97 Å². The summed E-state index contributed by atoms with van der Waals surface area (Å²) < 4.78 is 0. The Morgan fingerprint density at radius 3 is 1.62 bits per heavy atom. The van der Waals surface area contributed by atoms with E-state index in [0.29, 0.717) is 6.42 Å². The van der Waals surface area contributed by atoms with Crippen molar-refractivity contribution in [3.05, 3.63) is 72.9 Å². The summed E-state index contributed by atoms with van der Waals surface area (Å²) in [7, 11) is 0. The molecule has 0 atom stereocenters. The third kappa shape index (κ3) is 19.9. The van der Waals surface area contributed by atoms with Crippen LogP contribution in [0.4, 0.5) is 0 Å². The van der Waals surface area contributed by atoms with Crippen LogP contribution in [-0.2, 0) is 4.79 Å². The molecule has 0 rings (SSSR count). The molecule has 0 saturated heterocycles. The number of rotatable bonds is 14. The summed E-state index contributed by atoms with van der Waals surface area (Å²) in [6, 6.07) is 0. The van der Waals surface area contributed by atoms with E-state index in [2.05, 4.69) is 25.2 Å². The smallest absolute Gasteiger partial charge is 0.303 e. The third-order valence-electron chi connectivity index (χ3n) is 3.27. The highest BCUT2D eigenvalue weighted by atomic mass is 16.4. The maximum atomic E-state index is 10.3. The summed E-state index contributed by atoms with van der Waals surface area (Å²) in [6.45, 7) is 2.24. The lowest BCUT2D eigenvalue weighted by molar-refractivity contribution is -0.136. The molecule has 0 aliphatic carbocycles. The van der Waals surface area contributed by atoms with Gasteiger partial charge in [0.25, 0.3) is 0 Å². The van der Waals surface area contributed by atoms with Gasteiger partial charge >= 0.3 is 5.97 Å². The summed E-state index contributed by atoms with van der Waals surface area (Å²) in [5.41, 5.74) is 0. The Morgan fingerprint density at radius 2 is 1.12 bits per heavy atom. The highest BCUT2D eigenvalue weighted by molar-refractivity contribution is 5.66. The molecule has 0 aromatic rings. The quantitative estimate of drug-likeness (QED) is 0.290. The summed E-state index contributed by atoms with van der Waals surface area (Å²) in [5, 5.41) is 8.48. The second-order valence-corrected chi connectivity index (χ2v) is 5.53. The minimum absolute atomic E-state index is 0.183. The van der Waals surface area contributed by atoms with Crippen LogP contribution >= 0.6 is 0 Å². The van der Waals surface area contributed by atoms with E-state index in [9.17, 15) is 4.79 Å². The molecule has 0 aromatic heterocycles. The molecule has 1 N–H and O–H groups in total. The van der Waals surface area contributed by atoms with Gasteiger partial charge in [0.15, 0.2) is 0 Å². The van der Waals surface area contributed by atoms with Crippen molar-refractivity contribution in [2.45, 2.75) is 58.3 Å². The van der Waals surface area contributed by atoms with Crippen molar-refractivity contribution in [2.75, 3.05) is 0 Å².